The lowest BCUT2D eigenvalue weighted by Gasteiger charge is -2.12. The third-order valence-electron chi connectivity index (χ3n) is 2.19. The van der Waals surface area contributed by atoms with Crippen LogP contribution in [0.25, 0.3) is 5.57 Å². The molecule has 102 valence electrons. The number of rotatable bonds is 4. The number of hydrogen-bond donors (Lipinski definition) is 0. The van der Waals surface area contributed by atoms with Gasteiger partial charge in [-0.05, 0) is 18.6 Å². The Bertz CT molecular complexity index is 504. The van der Waals surface area contributed by atoms with Gasteiger partial charge in [-0.25, -0.2) is 4.79 Å². The first-order valence-electron chi connectivity index (χ1n) is 5.39. The summed E-state index contributed by atoms with van der Waals surface area (Å²) in [6.07, 6.45) is -3.90. The van der Waals surface area contributed by atoms with Gasteiger partial charge in [0.1, 0.15) is 6.29 Å². The van der Waals surface area contributed by atoms with Crippen LogP contribution >= 0.6 is 0 Å². The standard InChI is InChI=1S/C13H11F3O3/c1-2-19-12(18)7-11(13(14,15)16)10-5-3-4-9(6-10)8-17/h3-8H,2H2,1H3/b11-7-. The van der Waals surface area contributed by atoms with Crippen molar-refractivity contribution in [1.82, 2.24) is 0 Å². The van der Waals surface area contributed by atoms with Gasteiger partial charge in [0.15, 0.2) is 0 Å². The number of allylic oxidation sites excluding steroid dienone is 1. The van der Waals surface area contributed by atoms with Crippen molar-refractivity contribution in [2.45, 2.75) is 13.1 Å². The molecule has 0 radical (unpaired) electrons. The minimum atomic E-state index is -4.71. The molecule has 1 rings (SSSR count). The lowest BCUT2D eigenvalue weighted by Crippen LogP contribution is -2.14. The molecule has 1 aromatic carbocycles. The number of hydrogen-bond acceptors (Lipinski definition) is 3. The highest BCUT2D eigenvalue weighted by Gasteiger charge is 2.35. The van der Waals surface area contributed by atoms with Crippen LogP contribution in [0.2, 0.25) is 0 Å². The Balaban J connectivity index is 3.24. The highest BCUT2D eigenvalue weighted by molar-refractivity contribution is 5.93. The van der Waals surface area contributed by atoms with Crippen LogP contribution < -0.4 is 0 Å². The van der Waals surface area contributed by atoms with Gasteiger partial charge in [0.2, 0.25) is 0 Å². The maximum Gasteiger partial charge on any atom is 0.417 e. The van der Waals surface area contributed by atoms with Crippen LogP contribution in [0.3, 0.4) is 0 Å². The van der Waals surface area contributed by atoms with Crippen LogP contribution in [0.5, 0.6) is 0 Å². The molecule has 0 unspecified atom stereocenters. The molecule has 0 aromatic heterocycles. The molecule has 6 heteroatoms. The molecule has 0 N–H and O–H groups in total. The second-order valence-corrected chi connectivity index (χ2v) is 3.55. The van der Waals surface area contributed by atoms with Crippen molar-refractivity contribution < 1.29 is 27.5 Å². The Morgan fingerprint density at radius 2 is 2.05 bits per heavy atom. The van der Waals surface area contributed by atoms with Crippen molar-refractivity contribution in [3.05, 3.63) is 41.5 Å². The van der Waals surface area contributed by atoms with E-state index < -0.39 is 17.7 Å². The molecule has 0 bridgehead atoms. The first-order valence-corrected chi connectivity index (χ1v) is 5.39. The average Bonchev–Trinajstić information content (AvgIpc) is 2.35. The second kappa shape index (κ2) is 6.17. The third kappa shape index (κ3) is 4.24. The Morgan fingerprint density at radius 3 is 2.58 bits per heavy atom. The van der Waals surface area contributed by atoms with E-state index in [9.17, 15) is 22.8 Å². The van der Waals surface area contributed by atoms with Gasteiger partial charge >= 0.3 is 12.1 Å². The molecule has 0 fully saturated rings. The van der Waals surface area contributed by atoms with Gasteiger partial charge in [-0.3, -0.25) is 4.79 Å². The van der Waals surface area contributed by atoms with E-state index in [0.29, 0.717) is 12.4 Å². The zero-order valence-electron chi connectivity index (χ0n) is 10.0. The normalized spacial score (nSPS) is 12.1. The van der Waals surface area contributed by atoms with Crippen LogP contribution in [-0.4, -0.2) is 25.0 Å². The molecule has 0 amide bonds. The Labute approximate surface area is 107 Å². The van der Waals surface area contributed by atoms with Crippen LogP contribution in [0.15, 0.2) is 30.3 Å². The molecular formula is C13H11F3O3. The Morgan fingerprint density at radius 1 is 1.37 bits per heavy atom. The SMILES string of the molecule is CCOC(=O)/C=C(/c1cccc(C=O)c1)C(F)(F)F. The van der Waals surface area contributed by atoms with Crippen molar-refractivity contribution in [3.8, 4) is 0 Å². The van der Waals surface area contributed by atoms with Crippen LogP contribution in [-0.2, 0) is 9.53 Å². The summed E-state index contributed by atoms with van der Waals surface area (Å²) < 4.78 is 43.1. The third-order valence-corrected chi connectivity index (χ3v) is 2.19. The fourth-order valence-corrected chi connectivity index (χ4v) is 1.41. The largest absolute Gasteiger partial charge is 0.463 e. The fraction of sp³-hybridized carbons (Fsp3) is 0.231. The fourth-order valence-electron chi connectivity index (χ4n) is 1.41. The summed E-state index contributed by atoms with van der Waals surface area (Å²) in [7, 11) is 0. The lowest BCUT2D eigenvalue weighted by molar-refractivity contribution is -0.137. The number of carbonyl (C=O) groups is 2. The van der Waals surface area contributed by atoms with E-state index in [1.54, 1.807) is 0 Å². The molecule has 0 aliphatic heterocycles. The van der Waals surface area contributed by atoms with E-state index in [1.165, 1.54) is 25.1 Å². The second-order valence-electron chi connectivity index (χ2n) is 3.55. The topological polar surface area (TPSA) is 43.4 Å². The average molecular weight is 272 g/mol. The summed E-state index contributed by atoms with van der Waals surface area (Å²) in [6.45, 7) is 1.47. The predicted octanol–water partition coefficient (Wildman–Crippen LogP) is 3.01. The molecule has 0 saturated heterocycles. The summed E-state index contributed by atoms with van der Waals surface area (Å²) in [5.41, 5.74) is -1.31. The van der Waals surface area contributed by atoms with Crippen molar-refractivity contribution in [2.24, 2.45) is 0 Å². The number of halogens is 3. The molecule has 0 aliphatic carbocycles. The molecule has 1 aromatic rings. The number of ether oxygens (including phenoxy) is 1. The molecule has 0 atom stereocenters. The van der Waals surface area contributed by atoms with E-state index in [-0.39, 0.29) is 17.7 Å². The number of aldehydes is 1. The van der Waals surface area contributed by atoms with Crippen molar-refractivity contribution >= 4 is 17.8 Å². The molecule has 0 aliphatic rings. The summed E-state index contributed by atoms with van der Waals surface area (Å²) >= 11 is 0. The minimum Gasteiger partial charge on any atom is -0.463 e. The summed E-state index contributed by atoms with van der Waals surface area (Å²) in [4.78, 5) is 21.7. The molecule has 0 saturated carbocycles. The molecule has 0 spiro atoms. The van der Waals surface area contributed by atoms with Crippen LogP contribution in [0.1, 0.15) is 22.8 Å². The first-order chi connectivity index (χ1) is 8.88. The van der Waals surface area contributed by atoms with Crippen molar-refractivity contribution in [2.75, 3.05) is 6.61 Å². The van der Waals surface area contributed by atoms with Gasteiger partial charge < -0.3 is 4.74 Å². The Hall–Kier alpha value is -2.11. The first kappa shape index (κ1) is 14.9. The van der Waals surface area contributed by atoms with Crippen LogP contribution in [0.4, 0.5) is 13.2 Å². The van der Waals surface area contributed by atoms with E-state index in [0.717, 1.165) is 6.07 Å². The summed E-state index contributed by atoms with van der Waals surface area (Å²) in [5.74, 6) is -1.08. The molecule has 0 heterocycles. The van der Waals surface area contributed by atoms with Crippen molar-refractivity contribution in [3.63, 3.8) is 0 Å². The van der Waals surface area contributed by atoms with Gasteiger partial charge in [-0.2, -0.15) is 13.2 Å². The number of benzene rings is 1. The number of esters is 1. The summed E-state index contributed by atoms with van der Waals surface area (Å²) in [6, 6.07) is 4.91. The highest BCUT2D eigenvalue weighted by atomic mass is 19.4. The minimum absolute atomic E-state index is 0.0190. The van der Waals surface area contributed by atoms with Gasteiger partial charge in [0, 0.05) is 11.6 Å². The molecular weight excluding hydrogens is 261 g/mol. The lowest BCUT2D eigenvalue weighted by atomic mass is 10.0. The van der Waals surface area contributed by atoms with Crippen LogP contribution in [0, 0.1) is 0 Å². The highest BCUT2D eigenvalue weighted by Crippen LogP contribution is 2.34. The quantitative estimate of drug-likeness (QED) is 0.480. The van der Waals surface area contributed by atoms with E-state index >= 15 is 0 Å². The van der Waals surface area contributed by atoms with E-state index in [2.05, 4.69) is 4.74 Å². The zero-order chi connectivity index (χ0) is 14.5. The predicted molar refractivity (Wildman–Crippen MR) is 62.5 cm³/mol. The smallest absolute Gasteiger partial charge is 0.417 e. The van der Waals surface area contributed by atoms with Gasteiger partial charge in [0.25, 0.3) is 0 Å². The van der Waals surface area contributed by atoms with E-state index in [1.807, 2.05) is 0 Å². The maximum absolute atomic E-state index is 12.9. The molecule has 19 heavy (non-hydrogen) atoms. The zero-order valence-corrected chi connectivity index (χ0v) is 10.0. The van der Waals surface area contributed by atoms with E-state index in [4.69, 9.17) is 0 Å². The van der Waals surface area contributed by atoms with Gasteiger partial charge in [-0.1, -0.05) is 18.2 Å². The number of carbonyl (C=O) groups excluding carboxylic acids is 2. The Kier molecular flexibility index (Phi) is 4.86. The number of alkyl halides is 3. The van der Waals surface area contributed by atoms with Gasteiger partial charge in [0.05, 0.1) is 12.2 Å². The summed E-state index contributed by atoms with van der Waals surface area (Å²) in [5, 5.41) is 0. The monoisotopic (exact) mass is 272 g/mol. The van der Waals surface area contributed by atoms with Gasteiger partial charge in [-0.15, -0.1) is 0 Å². The van der Waals surface area contributed by atoms with Crippen molar-refractivity contribution in [1.29, 1.82) is 0 Å². The maximum atomic E-state index is 12.9. The molecule has 3 nitrogen and oxygen atoms in total.